The van der Waals surface area contributed by atoms with E-state index in [2.05, 4.69) is 34.3 Å². The Morgan fingerprint density at radius 1 is 1.04 bits per heavy atom. The second-order valence-corrected chi connectivity index (χ2v) is 6.93. The van der Waals surface area contributed by atoms with Crippen molar-refractivity contribution < 1.29 is 9.53 Å². The fourth-order valence-electron chi connectivity index (χ4n) is 3.30. The number of para-hydroxylation sites is 1. The third-order valence-electron chi connectivity index (χ3n) is 4.91. The van der Waals surface area contributed by atoms with Gasteiger partial charge in [-0.3, -0.25) is 4.79 Å². The molecule has 0 bridgehead atoms. The second kappa shape index (κ2) is 9.42. The van der Waals surface area contributed by atoms with E-state index in [1.165, 1.54) is 5.69 Å². The van der Waals surface area contributed by atoms with Gasteiger partial charge >= 0.3 is 0 Å². The highest BCUT2D eigenvalue weighted by Crippen LogP contribution is 2.21. The smallest absolute Gasteiger partial charge is 0.224 e. The zero-order valence-corrected chi connectivity index (χ0v) is 16.3. The summed E-state index contributed by atoms with van der Waals surface area (Å²) in [5.74, 6) is 0.887. The number of benzene rings is 2. The number of likely N-dealkylation sites (N-methyl/N-ethyl adjacent to an activating group) is 1. The van der Waals surface area contributed by atoms with Crippen LogP contribution in [0, 0.1) is 0 Å². The van der Waals surface area contributed by atoms with Gasteiger partial charge in [0.1, 0.15) is 5.75 Å². The van der Waals surface area contributed by atoms with Gasteiger partial charge in [0, 0.05) is 44.0 Å². The van der Waals surface area contributed by atoms with E-state index < -0.39 is 0 Å². The Hall–Kier alpha value is -2.53. The van der Waals surface area contributed by atoms with E-state index in [1.54, 1.807) is 0 Å². The van der Waals surface area contributed by atoms with Crippen molar-refractivity contribution in [2.24, 2.45) is 0 Å². The van der Waals surface area contributed by atoms with Gasteiger partial charge in [0.2, 0.25) is 5.91 Å². The monoisotopic (exact) mass is 367 g/mol. The maximum Gasteiger partial charge on any atom is 0.224 e. The van der Waals surface area contributed by atoms with Crippen LogP contribution in [0.4, 0.5) is 11.4 Å². The zero-order chi connectivity index (χ0) is 19.1. The summed E-state index contributed by atoms with van der Waals surface area (Å²) in [5, 5.41) is 2.99. The standard InChI is InChI=1S/C22H29N3O2/c1-3-27-21-7-5-4-6-18(21)8-13-22(26)23-19-9-11-20(12-10-19)25-16-14-24(2)15-17-25/h4-7,9-12H,3,8,13-17H2,1-2H3,(H,23,26). The van der Waals surface area contributed by atoms with Crippen LogP contribution < -0.4 is 15.0 Å². The summed E-state index contributed by atoms with van der Waals surface area (Å²) >= 11 is 0. The van der Waals surface area contributed by atoms with Crippen LogP contribution >= 0.6 is 0 Å². The lowest BCUT2D eigenvalue weighted by molar-refractivity contribution is -0.116. The largest absolute Gasteiger partial charge is 0.494 e. The molecule has 1 amide bonds. The van der Waals surface area contributed by atoms with Gasteiger partial charge < -0.3 is 19.9 Å². The number of rotatable bonds is 7. The van der Waals surface area contributed by atoms with E-state index in [4.69, 9.17) is 4.74 Å². The first kappa shape index (κ1) is 19.2. The first-order valence-corrected chi connectivity index (χ1v) is 9.70. The summed E-state index contributed by atoms with van der Waals surface area (Å²) in [4.78, 5) is 17.0. The van der Waals surface area contributed by atoms with E-state index in [9.17, 15) is 4.79 Å². The van der Waals surface area contributed by atoms with Crippen LogP contribution in [-0.2, 0) is 11.2 Å². The number of hydrogen-bond donors (Lipinski definition) is 1. The van der Waals surface area contributed by atoms with Crippen LogP contribution in [0.25, 0.3) is 0 Å². The van der Waals surface area contributed by atoms with E-state index in [0.29, 0.717) is 19.4 Å². The number of aryl methyl sites for hydroxylation is 1. The normalized spacial score (nSPS) is 14.8. The maximum absolute atomic E-state index is 12.3. The number of amides is 1. The van der Waals surface area contributed by atoms with Crippen molar-refractivity contribution in [1.29, 1.82) is 0 Å². The lowest BCUT2D eigenvalue weighted by Gasteiger charge is -2.34. The molecular formula is C22H29N3O2. The SMILES string of the molecule is CCOc1ccccc1CCC(=O)Nc1ccc(N2CCN(C)CC2)cc1. The molecule has 2 aromatic carbocycles. The lowest BCUT2D eigenvalue weighted by Crippen LogP contribution is -2.44. The average molecular weight is 367 g/mol. The van der Waals surface area contributed by atoms with Crippen molar-refractivity contribution in [1.82, 2.24) is 4.90 Å². The molecular weight excluding hydrogens is 338 g/mol. The number of ether oxygens (including phenoxy) is 1. The molecule has 144 valence electrons. The predicted molar refractivity (Wildman–Crippen MR) is 111 cm³/mol. The van der Waals surface area contributed by atoms with Crippen LogP contribution in [0.5, 0.6) is 5.75 Å². The van der Waals surface area contributed by atoms with Crippen molar-refractivity contribution in [3.05, 3.63) is 54.1 Å². The summed E-state index contributed by atoms with van der Waals surface area (Å²) in [6.45, 7) is 6.85. The zero-order valence-electron chi connectivity index (χ0n) is 16.3. The minimum atomic E-state index is 0.0219. The summed E-state index contributed by atoms with van der Waals surface area (Å²) in [5.41, 5.74) is 3.13. The molecule has 0 saturated carbocycles. The number of anilines is 2. The van der Waals surface area contributed by atoms with Crippen molar-refractivity contribution in [2.75, 3.05) is 50.1 Å². The molecule has 5 heteroatoms. The summed E-state index contributed by atoms with van der Waals surface area (Å²) in [6.07, 6.45) is 1.10. The quantitative estimate of drug-likeness (QED) is 0.815. The van der Waals surface area contributed by atoms with Crippen molar-refractivity contribution >= 4 is 17.3 Å². The van der Waals surface area contributed by atoms with Crippen LogP contribution in [0.1, 0.15) is 18.9 Å². The van der Waals surface area contributed by atoms with Gasteiger partial charge in [-0.15, -0.1) is 0 Å². The van der Waals surface area contributed by atoms with Crippen LogP contribution in [0.3, 0.4) is 0 Å². The molecule has 0 aliphatic carbocycles. The Balaban J connectivity index is 1.51. The first-order chi connectivity index (χ1) is 13.2. The van der Waals surface area contributed by atoms with Gasteiger partial charge in [0.05, 0.1) is 6.61 Å². The van der Waals surface area contributed by atoms with Gasteiger partial charge in [-0.1, -0.05) is 18.2 Å². The minimum Gasteiger partial charge on any atom is -0.494 e. The highest BCUT2D eigenvalue weighted by molar-refractivity contribution is 5.91. The van der Waals surface area contributed by atoms with Gasteiger partial charge in [-0.2, -0.15) is 0 Å². The molecule has 5 nitrogen and oxygen atoms in total. The van der Waals surface area contributed by atoms with Gasteiger partial charge in [-0.25, -0.2) is 0 Å². The number of carbonyl (C=O) groups is 1. The molecule has 27 heavy (non-hydrogen) atoms. The molecule has 0 unspecified atom stereocenters. The minimum absolute atomic E-state index is 0.0219. The third-order valence-corrected chi connectivity index (χ3v) is 4.91. The molecule has 1 saturated heterocycles. The third kappa shape index (κ3) is 5.47. The summed E-state index contributed by atoms with van der Waals surface area (Å²) in [6, 6.07) is 16.1. The Kier molecular flexibility index (Phi) is 6.71. The molecule has 0 spiro atoms. The van der Waals surface area contributed by atoms with Crippen LogP contribution in [0.15, 0.2) is 48.5 Å². The van der Waals surface area contributed by atoms with E-state index >= 15 is 0 Å². The molecule has 3 rings (SSSR count). The topological polar surface area (TPSA) is 44.8 Å². The maximum atomic E-state index is 12.3. The van der Waals surface area contributed by atoms with Gasteiger partial charge in [-0.05, 0) is 56.3 Å². The van der Waals surface area contributed by atoms with E-state index in [-0.39, 0.29) is 5.91 Å². The van der Waals surface area contributed by atoms with E-state index in [0.717, 1.165) is 43.2 Å². The van der Waals surface area contributed by atoms with Crippen molar-refractivity contribution in [2.45, 2.75) is 19.8 Å². The molecule has 1 fully saturated rings. The molecule has 1 N–H and O–H groups in total. The van der Waals surface area contributed by atoms with E-state index in [1.807, 2.05) is 43.3 Å². The van der Waals surface area contributed by atoms with Gasteiger partial charge in [0.25, 0.3) is 0 Å². The number of carbonyl (C=O) groups excluding carboxylic acids is 1. The number of piperazine rings is 1. The lowest BCUT2D eigenvalue weighted by atomic mass is 10.1. The van der Waals surface area contributed by atoms with Crippen LogP contribution in [-0.4, -0.2) is 50.6 Å². The Labute approximate surface area is 161 Å². The fourth-order valence-corrected chi connectivity index (χ4v) is 3.30. The highest BCUT2D eigenvalue weighted by atomic mass is 16.5. The highest BCUT2D eigenvalue weighted by Gasteiger charge is 2.14. The first-order valence-electron chi connectivity index (χ1n) is 9.70. The summed E-state index contributed by atoms with van der Waals surface area (Å²) in [7, 11) is 2.16. The number of nitrogens with zero attached hydrogens (tertiary/aromatic N) is 2. The molecule has 1 heterocycles. The Morgan fingerprint density at radius 2 is 1.74 bits per heavy atom. The van der Waals surface area contributed by atoms with Gasteiger partial charge in [0.15, 0.2) is 0 Å². The molecule has 0 atom stereocenters. The summed E-state index contributed by atoms with van der Waals surface area (Å²) < 4.78 is 5.63. The number of nitrogens with one attached hydrogen (secondary N) is 1. The second-order valence-electron chi connectivity index (χ2n) is 6.93. The molecule has 2 aromatic rings. The molecule has 1 aliphatic rings. The average Bonchev–Trinajstić information content (AvgIpc) is 2.69. The van der Waals surface area contributed by atoms with Crippen molar-refractivity contribution in [3.8, 4) is 5.75 Å². The molecule has 0 radical (unpaired) electrons. The molecule has 1 aliphatic heterocycles. The Morgan fingerprint density at radius 3 is 2.44 bits per heavy atom. The molecule has 0 aromatic heterocycles. The predicted octanol–water partition coefficient (Wildman–Crippen LogP) is 3.41. The van der Waals surface area contributed by atoms with Crippen molar-refractivity contribution in [3.63, 3.8) is 0 Å². The Bertz CT molecular complexity index is 737. The van der Waals surface area contributed by atoms with Crippen LogP contribution in [0.2, 0.25) is 0 Å². The fraction of sp³-hybridized carbons (Fsp3) is 0.409. The number of hydrogen-bond acceptors (Lipinski definition) is 4.